The number of carbonyl (C=O) groups is 1. The molecular formula is C12H16N2O7. The fourth-order valence-corrected chi connectivity index (χ4v) is 2.14. The summed E-state index contributed by atoms with van der Waals surface area (Å²) in [4.78, 5) is 36.8. The molecule has 1 fully saturated rings. The molecule has 0 radical (unpaired) electrons. The van der Waals surface area contributed by atoms with Crippen LogP contribution in [0.15, 0.2) is 15.8 Å². The fourth-order valence-electron chi connectivity index (χ4n) is 2.14. The van der Waals surface area contributed by atoms with Gasteiger partial charge in [0.2, 0.25) is 0 Å². The number of esters is 1. The molecule has 116 valence electrons. The molecule has 1 aromatic heterocycles. The van der Waals surface area contributed by atoms with E-state index in [1.54, 1.807) is 0 Å². The smallest absolute Gasteiger partial charge is 0.330 e. The maximum absolute atomic E-state index is 11.8. The van der Waals surface area contributed by atoms with Gasteiger partial charge in [0.05, 0.1) is 26.2 Å². The summed E-state index contributed by atoms with van der Waals surface area (Å²) in [6.07, 6.45) is -1.52. The summed E-state index contributed by atoms with van der Waals surface area (Å²) in [7, 11) is 1.19. The second-order valence-electron chi connectivity index (χ2n) is 4.69. The van der Waals surface area contributed by atoms with E-state index in [1.807, 2.05) is 0 Å². The number of aromatic amines is 1. The van der Waals surface area contributed by atoms with Crippen LogP contribution >= 0.6 is 0 Å². The van der Waals surface area contributed by atoms with Crippen LogP contribution in [-0.4, -0.2) is 51.7 Å². The highest BCUT2D eigenvalue weighted by Gasteiger charge is 2.35. The number of aliphatic hydroxyl groups excluding tert-OH is 2. The van der Waals surface area contributed by atoms with Crippen LogP contribution in [0, 0.1) is 0 Å². The number of carbonyl (C=O) groups excluding carboxylic acids is 1. The van der Waals surface area contributed by atoms with Gasteiger partial charge in [-0.05, 0) is 0 Å². The number of nitrogens with zero attached hydrogens (tertiary/aromatic N) is 1. The maximum atomic E-state index is 11.8. The van der Waals surface area contributed by atoms with E-state index in [0.717, 1.165) is 4.57 Å². The van der Waals surface area contributed by atoms with Crippen molar-refractivity contribution in [2.75, 3.05) is 13.7 Å². The number of nitrogens with one attached hydrogen (secondary N) is 1. The molecule has 0 bridgehead atoms. The monoisotopic (exact) mass is 300 g/mol. The molecule has 1 aliphatic rings. The fraction of sp³-hybridized carbons (Fsp3) is 0.583. The Morgan fingerprint density at radius 2 is 2.29 bits per heavy atom. The van der Waals surface area contributed by atoms with Crippen LogP contribution < -0.4 is 11.2 Å². The minimum Gasteiger partial charge on any atom is -0.469 e. The lowest BCUT2D eigenvalue weighted by atomic mass is 10.2. The quantitative estimate of drug-likeness (QED) is 0.542. The second-order valence-corrected chi connectivity index (χ2v) is 4.69. The number of H-pyrrole nitrogens is 1. The van der Waals surface area contributed by atoms with Crippen molar-refractivity contribution in [1.82, 2.24) is 9.55 Å². The third-order valence-electron chi connectivity index (χ3n) is 3.30. The summed E-state index contributed by atoms with van der Waals surface area (Å²) in [5.41, 5.74) is -1.35. The van der Waals surface area contributed by atoms with E-state index in [-0.39, 0.29) is 25.0 Å². The molecule has 0 aliphatic carbocycles. The van der Waals surface area contributed by atoms with Crippen molar-refractivity contribution >= 4 is 5.97 Å². The van der Waals surface area contributed by atoms with Gasteiger partial charge < -0.3 is 19.7 Å². The first-order valence-electron chi connectivity index (χ1n) is 6.31. The van der Waals surface area contributed by atoms with Gasteiger partial charge in [0.25, 0.3) is 5.56 Å². The second kappa shape index (κ2) is 6.20. The number of methoxy groups -OCH3 is 1. The van der Waals surface area contributed by atoms with Gasteiger partial charge in [0.15, 0.2) is 0 Å². The Hall–Kier alpha value is -1.97. The van der Waals surface area contributed by atoms with E-state index in [2.05, 4.69) is 9.72 Å². The lowest BCUT2D eigenvalue weighted by molar-refractivity contribution is -0.139. The van der Waals surface area contributed by atoms with Crippen molar-refractivity contribution in [3.05, 3.63) is 32.6 Å². The first-order chi connectivity index (χ1) is 9.96. The molecule has 0 aromatic carbocycles. The first kappa shape index (κ1) is 15.4. The number of aliphatic hydroxyl groups is 2. The van der Waals surface area contributed by atoms with Crippen molar-refractivity contribution in [3.63, 3.8) is 0 Å². The third-order valence-corrected chi connectivity index (χ3v) is 3.30. The molecule has 3 atom stereocenters. The Morgan fingerprint density at radius 3 is 2.86 bits per heavy atom. The zero-order valence-corrected chi connectivity index (χ0v) is 11.3. The summed E-state index contributed by atoms with van der Waals surface area (Å²) in [6, 6.07) is 0. The van der Waals surface area contributed by atoms with Gasteiger partial charge in [-0.15, -0.1) is 0 Å². The molecule has 21 heavy (non-hydrogen) atoms. The van der Waals surface area contributed by atoms with Gasteiger partial charge in [-0.25, -0.2) is 4.79 Å². The summed E-state index contributed by atoms with van der Waals surface area (Å²) < 4.78 is 10.9. The number of hydrogen-bond donors (Lipinski definition) is 3. The molecule has 2 rings (SSSR count). The molecule has 9 heteroatoms. The minimum atomic E-state index is -0.914. The van der Waals surface area contributed by atoms with E-state index < -0.39 is 35.7 Å². The molecule has 3 N–H and O–H groups in total. The van der Waals surface area contributed by atoms with Gasteiger partial charge in [0.1, 0.15) is 12.3 Å². The van der Waals surface area contributed by atoms with Gasteiger partial charge >= 0.3 is 11.7 Å². The van der Waals surface area contributed by atoms with Crippen molar-refractivity contribution in [2.24, 2.45) is 0 Å². The van der Waals surface area contributed by atoms with E-state index >= 15 is 0 Å². The lowest BCUT2D eigenvalue weighted by Gasteiger charge is -2.15. The summed E-state index contributed by atoms with van der Waals surface area (Å²) in [6.45, 7) is -0.384. The Bertz CT molecular complexity index is 635. The predicted octanol–water partition coefficient (Wildman–Crippen LogP) is -2.11. The van der Waals surface area contributed by atoms with Gasteiger partial charge in [-0.1, -0.05) is 0 Å². The first-order valence-corrected chi connectivity index (χ1v) is 6.31. The zero-order chi connectivity index (χ0) is 15.6. The molecule has 1 saturated heterocycles. The van der Waals surface area contributed by atoms with Crippen LogP contribution in [0.3, 0.4) is 0 Å². The normalized spacial score (nSPS) is 25.0. The molecule has 2 heterocycles. The average molecular weight is 300 g/mol. The van der Waals surface area contributed by atoms with Gasteiger partial charge in [0, 0.05) is 18.2 Å². The van der Waals surface area contributed by atoms with Gasteiger partial charge in [-0.2, -0.15) is 0 Å². The van der Waals surface area contributed by atoms with Crippen molar-refractivity contribution in [1.29, 1.82) is 0 Å². The van der Waals surface area contributed by atoms with Gasteiger partial charge in [-0.3, -0.25) is 19.1 Å². The molecule has 1 aromatic rings. The van der Waals surface area contributed by atoms with Crippen LogP contribution in [-0.2, 0) is 20.7 Å². The van der Waals surface area contributed by atoms with Crippen LogP contribution in [0.5, 0.6) is 0 Å². The Kier molecular flexibility index (Phi) is 4.56. The van der Waals surface area contributed by atoms with E-state index in [1.165, 1.54) is 13.3 Å². The molecule has 1 aliphatic heterocycles. The van der Waals surface area contributed by atoms with E-state index in [0.29, 0.717) is 0 Å². The topological polar surface area (TPSA) is 131 Å². The zero-order valence-electron chi connectivity index (χ0n) is 11.3. The number of aromatic nitrogens is 2. The highest BCUT2D eigenvalue weighted by Crippen LogP contribution is 2.27. The molecule has 0 spiro atoms. The Morgan fingerprint density at radius 1 is 1.57 bits per heavy atom. The summed E-state index contributed by atoms with van der Waals surface area (Å²) >= 11 is 0. The average Bonchev–Trinajstić information content (AvgIpc) is 2.82. The maximum Gasteiger partial charge on any atom is 0.330 e. The minimum absolute atomic E-state index is 0.0481. The molecule has 9 nitrogen and oxygen atoms in total. The van der Waals surface area contributed by atoms with Crippen molar-refractivity contribution in [2.45, 2.75) is 31.3 Å². The van der Waals surface area contributed by atoms with E-state index in [4.69, 9.17) is 9.84 Å². The van der Waals surface area contributed by atoms with Crippen molar-refractivity contribution < 1.29 is 24.5 Å². The molecule has 0 amide bonds. The lowest BCUT2D eigenvalue weighted by Crippen LogP contribution is -2.35. The Balaban J connectivity index is 2.32. The highest BCUT2D eigenvalue weighted by molar-refractivity contribution is 5.72. The summed E-state index contributed by atoms with van der Waals surface area (Å²) in [5.74, 6) is -0.619. The van der Waals surface area contributed by atoms with Crippen LogP contribution in [0.2, 0.25) is 0 Å². The Labute approximate surface area is 118 Å². The van der Waals surface area contributed by atoms with Crippen LogP contribution in [0.4, 0.5) is 0 Å². The standard InChI is InChI=1S/C12H16N2O7/c1-20-10(17)2-6-4-14(12(19)13-11(6)18)9-3-7(16)8(5-15)21-9/h4,7-9,15-16H,2-3,5H2,1H3,(H,13,18,19)/t7-,8+,9+/m0/s1. The highest BCUT2D eigenvalue weighted by atomic mass is 16.5. The number of hydrogen-bond acceptors (Lipinski definition) is 7. The largest absolute Gasteiger partial charge is 0.469 e. The predicted molar refractivity (Wildman–Crippen MR) is 68.7 cm³/mol. The van der Waals surface area contributed by atoms with E-state index in [9.17, 15) is 19.5 Å². The van der Waals surface area contributed by atoms with Crippen LogP contribution in [0.25, 0.3) is 0 Å². The molecule has 0 unspecified atom stereocenters. The number of rotatable bonds is 4. The van der Waals surface area contributed by atoms with Crippen molar-refractivity contribution in [3.8, 4) is 0 Å². The number of ether oxygens (including phenoxy) is 2. The van der Waals surface area contributed by atoms with Crippen LogP contribution in [0.1, 0.15) is 18.2 Å². The summed E-state index contributed by atoms with van der Waals surface area (Å²) in [5, 5.41) is 18.7. The third kappa shape index (κ3) is 3.20. The molecular weight excluding hydrogens is 284 g/mol. The SMILES string of the molecule is COC(=O)Cc1cn([C@H]2C[C@H](O)[C@@H](CO)O2)c(=O)[nH]c1=O. The molecule has 0 saturated carbocycles.